The van der Waals surface area contributed by atoms with Gasteiger partial charge in [-0.05, 0) is 68.8 Å². The van der Waals surface area contributed by atoms with Crippen molar-refractivity contribution in [1.29, 1.82) is 0 Å². The minimum Gasteiger partial charge on any atom is -0.326 e. The molecule has 0 amide bonds. The molecule has 2 atom stereocenters. The van der Waals surface area contributed by atoms with Crippen molar-refractivity contribution in [3.05, 3.63) is 34.9 Å². The summed E-state index contributed by atoms with van der Waals surface area (Å²) < 4.78 is 0. The molecule has 116 valence electrons. The maximum atomic E-state index is 6.33. The first-order chi connectivity index (χ1) is 10.2. The van der Waals surface area contributed by atoms with Crippen molar-refractivity contribution in [3.8, 4) is 0 Å². The van der Waals surface area contributed by atoms with Gasteiger partial charge in [0, 0.05) is 17.1 Å². The summed E-state index contributed by atoms with van der Waals surface area (Å²) in [6.07, 6.45) is 9.03. The van der Waals surface area contributed by atoms with Crippen molar-refractivity contribution in [2.75, 3.05) is 13.1 Å². The van der Waals surface area contributed by atoms with Crippen LogP contribution in [-0.4, -0.2) is 30.1 Å². The Labute approximate surface area is 133 Å². The Bertz CT molecular complexity index is 437. The molecule has 1 aromatic rings. The van der Waals surface area contributed by atoms with Crippen molar-refractivity contribution >= 4 is 11.6 Å². The molecule has 0 spiro atoms. The zero-order chi connectivity index (χ0) is 14.7. The van der Waals surface area contributed by atoms with E-state index >= 15 is 0 Å². The smallest absolute Gasteiger partial charge is 0.0406 e. The lowest BCUT2D eigenvalue weighted by molar-refractivity contribution is 0.0937. The maximum absolute atomic E-state index is 6.33. The van der Waals surface area contributed by atoms with Crippen LogP contribution in [-0.2, 0) is 6.42 Å². The SMILES string of the molecule is N[C@@H]1CCCCC1N1CCC(Cc2ccc(Cl)cc2)CC1. The Morgan fingerprint density at radius 1 is 1.00 bits per heavy atom. The molecule has 0 radical (unpaired) electrons. The number of halogens is 1. The summed E-state index contributed by atoms with van der Waals surface area (Å²) in [6, 6.07) is 9.42. The number of hydrogen-bond acceptors (Lipinski definition) is 2. The fourth-order valence-corrected chi connectivity index (χ4v) is 4.16. The molecule has 21 heavy (non-hydrogen) atoms. The Balaban J connectivity index is 1.49. The topological polar surface area (TPSA) is 29.3 Å². The molecule has 3 rings (SSSR count). The van der Waals surface area contributed by atoms with E-state index in [1.165, 1.54) is 63.6 Å². The van der Waals surface area contributed by atoms with Crippen molar-refractivity contribution in [1.82, 2.24) is 4.90 Å². The van der Waals surface area contributed by atoms with Gasteiger partial charge in [0.15, 0.2) is 0 Å². The molecule has 0 bridgehead atoms. The van der Waals surface area contributed by atoms with Gasteiger partial charge >= 0.3 is 0 Å². The predicted molar refractivity (Wildman–Crippen MR) is 89.7 cm³/mol. The molecule has 2 nitrogen and oxygen atoms in total. The van der Waals surface area contributed by atoms with E-state index in [1.807, 2.05) is 12.1 Å². The van der Waals surface area contributed by atoms with E-state index in [4.69, 9.17) is 17.3 Å². The normalized spacial score (nSPS) is 28.7. The highest BCUT2D eigenvalue weighted by atomic mass is 35.5. The Morgan fingerprint density at radius 2 is 1.67 bits per heavy atom. The zero-order valence-corrected chi connectivity index (χ0v) is 13.6. The number of nitrogens with two attached hydrogens (primary N) is 1. The quantitative estimate of drug-likeness (QED) is 0.918. The third-order valence-corrected chi connectivity index (χ3v) is 5.59. The van der Waals surface area contributed by atoms with Crippen LogP contribution in [0.5, 0.6) is 0 Å². The maximum Gasteiger partial charge on any atom is 0.0406 e. The zero-order valence-electron chi connectivity index (χ0n) is 12.8. The second kappa shape index (κ2) is 7.13. The Kier molecular flexibility index (Phi) is 5.20. The van der Waals surface area contributed by atoms with Gasteiger partial charge in [-0.1, -0.05) is 36.6 Å². The highest BCUT2D eigenvalue weighted by Crippen LogP contribution is 2.28. The lowest BCUT2D eigenvalue weighted by Crippen LogP contribution is -2.52. The Hall–Kier alpha value is -0.570. The van der Waals surface area contributed by atoms with Gasteiger partial charge in [0.1, 0.15) is 0 Å². The first-order valence-corrected chi connectivity index (χ1v) is 8.84. The highest BCUT2D eigenvalue weighted by molar-refractivity contribution is 6.30. The molecule has 1 aliphatic heterocycles. The van der Waals surface area contributed by atoms with Crippen molar-refractivity contribution in [2.24, 2.45) is 11.7 Å². The van der Waals surface area contributed by atoms with Gasteiger partial charge in [0.05, 0.1) is 0 Å². The van der Waals surface area contributed by atoms with Crippen LogP contribution in [0.25, 0.3) is 0 Å². The van der Waals surface area contributed by atoms with Crippen LogP contribution >= 0.6 is 11.6 Å². The Morgan fingerprint density at radius 3 is 2.33 bits per heavy atom. The molecule has 1 saturated heterocycles. The molecule has 1 unspecified atom stereocenters. The van der Waals surface area contributed by atoms with Gasteiger partial charge in [-0.15, -0.1) is 0 Å². The monoisotopic (exact) mass is 306 g/mol. The summed E-state index contributed by atoms with van der Waals surface area (Å²) in [5.41, 5.74) is 7.75. The minimum atomic E-state index is 0.409. The summed E-state index contributed by atoms with van der Waals surface area (Å²) in [5.74, 6) is 0.822. The third kappa shape index (κ3) is 4.00. The number of hydrogen-bond donors (Lipinski definition) is 1. The molecule has 0 aromatic heterocycles. The van der Waals surface area contributed by atoms with Crippen LogP contribution in [0, 0.1) is 5.92 Å². The van der Waals surface area contributed by atoms with Gasteiger partial charge in [-0.25, -0.2) is 0 Å². The van der Waals surface area contributed by atoms with Gasteiger partial charge in [0.25, 0.3) is 0 Å². The van der Waals surface area contributed by atoms with Crippen LogP contribution < -0.4 is 5.73 Å². The fourth-order valence-electron chi connectivity index (χ4n) is 4.04. The lowest BCUT2D eigenvalue weighted by Gasteiger charge is -2.42. The molecule has 2 aliphatic rings. The van der Waals surface area contributed by atoms with E-state index in [-0.39, 0.29) is 0 Å². The number of likely N-dealkylation sites (tertiary alicyclic amines) is 1. The van der Waals surface area contributed by atoms with Crippen LogP contribution in [0.15, 0.2) is 24.3 Å². The standard InChI is InChI=1S/C18H27ClN2/c19-16-7-5-14(6-8-16)13-15-9-11-21(12-10-15)18-4-2-1-3-17(18)20/h5-8,15,17-18H,1-4,9-13,20H2/t17-,18?/m1/s1. The van der Waals surface area contributed by atoms with Crippen molar-refractivity contribution in [3.63, 3.8) is 0 Å². The average Bonchev–Trinajstić information content (AvgIpc) is 2.51. The second-order valence-electron chi connectivity index (χ2n) is 6.83. The van der Waals surface area contributed by atoms with Gasteiger partial charge in [-0.2, -0.15) is 0 Å². The van der Waals surface area contributed by atoms with E-state index in [0.717, 1.165) is 10.9 Å². The lowest BCUT2D eigenvalue weighted by atomic mass is 9.85. The van der Waals surface area contributed by atoms with E-state index in [0.29, 0.717) is 12.1 Å². The van der Waals surface area contributed by atoms with E-state index < -0.39 is 0 Å². The second-order valence-corrected chi connectivity index (χ2v) is 7.26. The number of piperidine rings is 1. The summed E-state index contributed by atoms with van der Waals surface area (Å²) in [7, 11) is 0. The average molecular weight is 307 g/mol. The van der Waals surface area contributed by atoms with Crippen molar-refractivity contribution < 1.29 is 0 Å². The molecule has 1 heterocycles. The molecule has 2 fully saturated rings. The summed E-state index contributed by atoms with van der Waals surface area (Å²) >= 11 is 5.95. The van der Waals surface area contributed by atoms with Crippen LogP contribution in [0.1, 0.15) is 44.1 Å². The molecule has 1 saturated carbocycles. The number of benzene rings is 1. The minimum absolute atomic E-state index is 0.409. The number of rotatable bonds is 3. The molecular weight excluding hydrogens is 280 g/mol. The van der Waals surface area contributed by atoms with Crippen LogP contribution in [0.2, 0.25) is 5.02 Å². The number of nitrogens with zero attached hydrogens (tertiary/aromatic N) is 1. The van der Waals surface area contributed by atoms with E-state index in [1.54, 1.807) is 0 Å². The largest absolute Gasteiger partial charge is 0.326 e. The fraction of sp³-hybridized carbons (Fsp3) is 0.667. The first-order valence-electron chi connectivity index (χ1n) is 8.46. The van der Waals surface area contributed by atoms with Gasteiger partial charge in [-0.3, -0.25) is 4.90 Å². The summed E-state index contributed by atoms with van der Waals surface area (Å²) in [4.78, 5) is 2.67. The first kappa shape index (κ1) is 15.3. The van der Waals surface area contributed by atoms with Gasteiger partial charge in [0.2, 0.25) is 0 Å². The molecular formula is C18H27ClN2. The van der Waals surface area contributed by atoms with Gasteiger partial charge < -0.3 is 5.73 Å². The summed E-state index contributed by atoms with van der Waals surface area (Å²) in [6.45, 7) is 2.47. The molecule has 1 aliphatic carbocycles. The highest BCUT2D eigenvalue weighted by Gasteiger charge is 2.30. The molecule has 1 aromatic carbocycles. The predicted octanol–water partition coefficient (Wildman–Crippen LogP) is 3.86. The summed E-state index contributed by atoms with van der Waals surface area (Å²) in [5, 5.41) is 0.833. The third-order valence-electron chi connectivity index (χ3n) is 5.34. The van der Waals surface area contributed by atoms with E-state index in [2.05, 4.69) is 17.0 Å². The van der Waals surface area contributed by atoms with E-state index in [9.17, 15) is 0 Å². The van der Waals surface area contributed by atoms with Crippen LogP contribution in [0.4, 0.5) is 0 Å². The molecule has 2 N–H and O–H groups in total. The van der Waals surface area contributed by atoms with Crippen molar-refractivity contribution in [2.45, 2.75) is 57.0 Å². The van der Waals surface area contributed by atoms with Crippen LogP contribution in [0.3, 0.4) is 0 Å². The molecule has 3 heteroatoms.